The lowest BCUT2D eigenvalue weighted by molar-refractivity contribution is -0.143. The van der Waals surface area contributed by atoms with Crippen LogP contribution in [-0.2, 0) is 4.79 Å². The van der Waals surface area contributed by atoms with Crippen molar-refractivity contribution in [1.29, 1.82) is 0 Å². The molecule has 1 fully saturated rings. The van der Waals surface area contributed by atoms with Gasteiger partial charge in [0.25, 0.3) is 11.7 Å². The molecule has 0 bridgehead atoms. The van der Waals surface area contributed by atoms with E-state index in [1.165, 1.54) is 4.52 Å². The van der Waals surface area contributed by atoms with E-state index in [1.54, 1.807) is 12.3 Å². The number of aryl methyl sites for hydroxylation is 1. The van der Waals surface area contributed by atoms with Crippen LogP contribution in [0.15, 0.2) is 12.3 Å². The molecule has 1 aliphatic carbocycles. The predicted molar refractivity (Wildman–Crippen MR) is 85.6 cm³/mol. The van der Waals surface area contributed by atoms with Crippen LogP contribution in [-0.4, -0.2) is 42.6 Å². The Labute approximate surface area is 139 Å². The molecule has 8 heteroatoms. The van der Waals surface area contributed by atoms with E-state index in [-0.39, 0.29) is 5.82 Å². The summed E-state index contributed by atoms with van der Waals surface area (Å²) in [6.45, 7) is 1.85. The summed E-state index contributed by atoms with van der Waals surface area (Å²) in [6.07, 6.45) is 6.74. The topological polar surface area (TPSA) is 109 Å². The quantitative estimate of drug-likeness (QED) is 0.884. The second kappa shape index (κ2) is 6.94. The fourth-order valence-corrected chi connectivity index (χ4v) is 3.19. The monoisotopic (exact) mass is 331 g/mol. The van der Waals surface area contributed by atoms with Crippen LogP contribution in [0, 0.1) is 12.8 Å². The number of carbonyl (C=O) groups excluding carboxylic acids is 1. The van der Waals surface area contributed by atoms with Crippen molar-refractivity contribution in [3.05, 3.63) is 23.8 Å². The average Bonchev–Trinajstić information content (AvgIpc) is 2.95. The number of rotatable bonds is 3. The molecule has 3 rings (SSSR count). The van der Waals surface area contributed by atoms with Gasteiger partial charge in [0.1, 0.15) is 0 Å². The lowest BCUT2D eigenvalue weighted by Gasteiger charge is -2.26. The molecule has 1 aliphatic rings. The zero-order chi connectivity index (χ0) is 17.1. The van der Waals surface area contributed by atoms with Crippen molar-refractivity contribution >= 4 is 17.7 Å². The third kappa shape index (κ3) is 3.37. The SMILES string of the molecule is Cc1ccnc2nc(C(=O)NC3CCCCCCC3C(=O)O)nn12. The third-order valence-electron chi connectivity index (χ3n) is 4.53. The van der Waals surface area contributed by atoms with Gasteiger partial charge in [-0.2, -0.15) is 4.98 Å². The summed E-state index contributed by atoms with van der Waals surface area (Å²) in [5, 5.41) is 16.5. The van der Waals surface area contributed by atoms with E-state index in [9.17, 15) is 14.7 Å². The highest BCUT2D eigenvalue weighted by atomic mass is 16.4. The highest BCUT2D eigenvalue weighted by molar-refractivity contribution is 5.91. The summed E-state index contributed by atoms with van der Waals surface area (Å²) < 4.78 is 1.50. The lowest BCUT2D eigenvalue weighted by Crippen LogP contribution is -2.44. The van der Waals surface area contributed by atoms with Gasteiger partial charge in [-0.05, 0) is 25.8 Å². The summed E-state index contributed by atoms with van der Waals surface area (Å²) in [5.74, 6) is -1.50. The minimum absolute atomic E-state index is 0.0167. The third-order valence-corrected chi connectivity index (χ3v) is 4.53. The van der Waals surface area contributed by atoms with Gasteiger partial charge in [-0.3, -0.25) is 9.59 Å². The molecule has 1 amide bonds. The van der Waals surface area contributed by atoms with Crippen LogP contribution in [0.1, 0.15) is 54.8 Å². The average molecular weight is 331 g/mol. The first-order valence-corrected chi connectivity index (χ1v) is 8.28. The van der Waals surface area contributed by atoms with Crippen LogP contribution in [0.5, 0.6) is 0 Å². The Morgan fingerprint density at radius 2 is 2.00 bits per heavy atom. The molecule has 2 unspecified atom stereocenters. The Morgan fingerprint density at radius 3 is 2.71 bits per heavy atom. The van der Waals surface area contributed by atoms with Crippen molar-refractivity contribution < 1.29 is 14.7 Å². The number of aliphatic carboxylic acids is 1. The van der Waals surface area contributed by atoms with Crippen molar-refractivity contribution in [2.75, 3.05) is 0 Å². The molecule has 1 saturated carbocycles. The summed E-state index contributed by atoms with van der Waals surface area (Å²) in [6, 6.07) is 1.38. The smallest absolute Gasteiger partial charge is 0.308 e. The van der Waals surface area contributed by atoms with Gasteiger partial charge < -0.3 is 10.4 Å². The van der Waals surface area contributed by atoms with Crippen LogP contribution in [0.3, 0.4) is 0 Å². The van der Waals surface area contributed by atoms with Crippen molar-refractivity contribution in [2.45, 2.75) is 51.5 Å². The number of amides is 1. The van der Waals surface area contributed by atoms with Crippen LogP contribution < -0.4 is 5.32 Å². The first-order valence-electron chi connectivity index (χ1n) is 8.28. The minimum atomic E-state index is -0.859. The molecule has 0 aliphatic heterocycles. The molecule has 2 heterocycles. The maximum atomic E-state index is 12.5. The van der Waals surface area contributed by atoms with Crippen molar-refractivity contribution in [3.63, 3.8) is 0 Å². The molecule has 8 nitrogen and oxygen atoms in total. The highest BCUT2D eigenvalue weighted by Crippen LogP contribution is 2.23. The molecule has 0 aromatic carbocycles. The van der Waals surface area contributed by atoms with Gasteiger partial charge >= 0.3 is 5.97 Å². The van der Waals surface area contributed by atoms with E-state index < -0.39 is 23.8 Å². The number of carbonyl (C=O) groups is 2. The zero-order valence-electron chi connectivity index (χ0n) is 13.6. The van der Waals surface area contributed by atoms with E-state index in [4.69, 9.17) is 0 Å². The van der Waals surface area contributed by atoms with Gasteiger partial charge in [0.05, 0.1) is 5.92 Å². The number of carboxylic acid groups (broad SMARTS) is 1. The van der Waals surface area contributed by atoms with Crippen molar-refractivity contribution in [3.8, 4) is 0 Å². The number of hydrogen-bond acceptors (Lipinski definition) is 5. The Hall–Kier alpha value is -2.51. The predicted octanol–water partition coefficient (Wildman–Crippen LogP) is 1.59. The molecule has 128 valence electrons. The fourth-order valence-electron chi connectivity index (χ4n) is 3.19. The second-order valence-corrected chi connectivity index (χ2v) is 6.25. The van der Waals surface area contributed by atoms with E-state index in [1.807, 2.05) is 6.92 Å². The fraction of sp³-hybridized carbons (Fsp3) is 0.562. The summed E-state index contributed by atoms with van der Waals surface area (Å²) in [7, 11) is 0. The largest absolute Gasteiger partial charge is 0.481 e. The van der Waals surface area contributed by atoms with Crippen molar-refractivity contribution in [2.24, 2.45) is 5.92 Å². The zero-order valence-corrected chi connectivity index (χ0v) is 13.6. The van der Waals surface area contributed by atoms with E-state index >= 15 is 0 Å². The number of carboxylic acids is 1. The Morgan fingerprint density at radius 1 is 1.25 bits per heavy atom. The molecular weight excluding hydrogens is 310 g/mol. The maximum Gasteiger partial charge on any atom is 0.308 e. The highest BCUT2D eigenvalue weighted by Gasteiger charge is 2.31. The molecule has 24 heavy (non-hydrogen) atoms. The number of fused-ring (bicyclic) bond motifs is 1. The Bertz CT molecular complexity index is 757. The normalized spacial score (nSPS) is 21.9. The maximum absolute atomic E-state index is 12.5. The summed E-state index contributed by atoms with van der Waals surface area (Å²) in [4.78, 5) is 32.2. The lowest BCUT2D eigenvalue weighted by atomic mass is 9.87. The molecule has 2 atom stereocenters. The molecule has 0 radical (unpaired) electrons. The number of nitrogens with one attached hydrogen (secondary N) is 1. The minimum Gasteiger partial charge on any atom is -0.481 e. The summed E-state index contributed by atoms with van der Waals surface area (Å²) >= 11 is 0. The van der Waals surface area contributed by atoms with E-state index in [2.05, 4.69) is 20.4 Å². The number of nitrogens with zero attached hydrogens (tertiary/aromatic N) is 4. The molecule has 2 N–H and O–H groups in total. The Kier molecular flexibility index (Phi) is 4.73. The van der Waals surface area contributed by atoms with Crippen molar-refractivity contribution in [1.82, 2.24) is 24.9 Å². The van der Waals surface area contributed by atoms with Crippen LogP contribution in [0.4, 0.5) is 0 Å². The van der Waals surface area contributed by atoms with Crippen LogP contribution >= 0.6 is 0 Å². The number of hydrogen-bond donors (Lipinski definition) is 2. The van der Waals surface area contributed by atoms with Gasteiger partial charge in [-0.25, -0.2) is 9.50 Å². The van der Waals surface area contributed by atoms with E-state index in [0.29, 0.717) is 18.6 Å². The summed E-state index contributed by atoms with van der Waals surface area (Å²) in [5.41, 5.74) is 0.820. The van der Waals surface area contributed by atoms with Gasteiger partial charge in [-0.15, -0.1) is 5.10 Å². The van der Waals surface area contributed by atoms with Gasteiger partial charge in [0.2, 0.25) is 5.82 Å². The first kappa shape index (κ1) is 16.4. The van der Waals surface area contributed by atoms with Gasteiger partial charge in [0, 0.05) is 17.9 Å². The number of aromatic nitrogens is 4. The van der Waals surface area contributed by atoms with Crippen LogP contribution in [0.25, 0.3) is 5.78 Å². The van der Waals surface area contributed by atoms with E-state index in [0.717, 1.165) is 31.4 Å². The molecule has 0 saturated heterocycles. The first-order chi connectivity index (χ1) is 11.6. The second-order valence-electron chi connectivity index (χ2n) is 6.25. The standard InChI is InChI=1S/C16H21N5O3/c1-10-8-9-17-16-19-13(20-21(10)16)14(22)18-12-7-5-3-2-4-6-11(12)15(23)24/h8-9,11-12H,2-7H2,1H3,(H,18,22)(H,23,24). The molecule has 0 spiro atoms. The molecule has 2 aromatic rings. The van der Waals surface area contributed by atoms with Gasteiger partial charge in [-0.1, -0.05) is 25.7 Å². The molecule has 2 aromatic heterocycles. The van der Waals surface area contributed by atoms with Crippen LogP contribution in [0.2, 0.25) is 0 Å². The van der Waals surface area contributed by atoms with Gasteiger partial charge in [0.15, 0.2) is 0 Å². The Balaban J connectivity index is 1.80. The molecular formula is C16H21N5O3.